The lowest BCUT2D eigenvalue weighted by Crippen LogP contribution is -2.38. The van der Waals surface area contributed by atoms with E-state index in [1.165, 1.54) is 0 Å². The van der Waals surface area contributed by atoms with Crippen molar-refractivity contribution >= 4 is 0 Å². The van der Waals surface area contributed by atoms with Crippen LogP contribution in [0, 0.1) is 0 Å². The van der Waals surface area contributed by atoms with E-state index in [0.717, 1.165) is 13.2 Å². The van der Waals surface area contributed by atoms with E-state index in [9.17, 15) is 0 Å². The highest BCUT2D eigenvalue weighted by atomic mass is 16.7. The highest BCUT2D eigenvalue weighted by Crippen LogP contribution is 2.27. The molecule has 0 spiro atoms. The molecule has 1 fully saturated rings. The van der Waals surface area contributed by atoms with E-state index in [1.54, 1.807) is 0 Å². The van der Waals surface area contributed by atoms with Gasteiger partial charge in [-0.1, -0.05) is 6.92 Å². The topological polar surface area (TPSA) is 25.0 Å². The summed E-state index contributed by atoms with van der Waals surface area (Å²) < 4.78 is 5.17. The average Bonchev–Trinajstić information content (AvgIpc) is 2.66. The van der Waals surface area contributed by atoms with Gasteiger partial charge in [-0.3, -0.25) is 4.84 Å². The summed E-state index contributed by atoms with van der Waals surface area (Å²) >= 11 is 0. The van der Waals surface area contributed by atoms with Crippen molar-refractivity contribution in [3.8, 4) is 0 Å². The van der Waals surface area contributed by atoms with E-state index in [0.29, 0.717) is 0 Å². The zero-order valence-electron chi connectivity index (χ0n) is 7.76. The van der Waals surface area contributed by atoms with Gasteiger partial charge in [0.05, 0.1) is 6.61 Å². The Kier molecular flexibility index (Phi) is 2.52. The monoisotopic (exact) mass is 159 g/mol. The number of ether oxygens (including phenoxy) is 1. The van der Waals surface area contributed by atoms with Crippen molar-refractivity contribution < 1.29 is 9.57 Å². The second kappa shape index (κ2) is 3.09. The molecule has 66 valence electrons. The number of hydrogen-bond acceptors (Lipinski definition) is 3. The van der Waals surface area contributed by atoms with Gasteiger partial charge < -0.3 is 4.74 Å². The van der Waals surface area contributed by atoms with Gasteiger partial charge in [0.1, 0.15) is 11.7 Å². The van der Waals surface area contributed by atoms with Crippen LogP contribution in [-0.4, -0.2) is 37.0 Å². The maximum Gasteiger partial charge on any atom is 0.113 e. The maximum atomic E-state index is 5.62. The highest BCUT2D eigenvalue weighted by molar-refractivity contribution is 4.87. The molecule has 0 saturated carbocycles. The Morgan fingerprint density at radius 3 is 2.55 bits per heavy atom. The summed E-state index contributed by atoms with van der Waals surface area (Å²) in [7, 11) is 1.93. The van der Waals surface area contributed by atoms with Crippen molar-refractivity contribution in [2.75, 3.05) is 20.2 Å². The molecule has 0 N–H and O–H groups in total. The lowest BCUT2D eigenvalue weighted by atomic mass is 10.1. The molecule has 3 heteroatoms. The van der Waals surface area contributed by atoms with Gasteiger partial charge in [-0.15, -0.1) is 0 Å². The van der Waals surface area contributed by atoms with Crippen molar-refractivity contribution in [3.63, 3.8) is 0 Å². The molecule has 0 aromatic carbocycles. The molecule has 1 aliphatic heterocycles. The predicted molar refractivity (Wildman–Crippen MR) is 43.2 cm³/mol. The van der Waals surface area contributed by atoms with Crippen LogP contribution < -0.4 is 0 Å². The first kappa shape index (κ1) is 8.97. The van der Waals surface area contributed by atoms with Crippen LogP contribution in [0.2, 0.25) is 0 Å². The zero-order chi connectivity index (χ0) is 8.48. The van der Waals surface area contributed by atoms with Crippen LogP contribution in [0.15, 0.2) is 0 Å². The minimum absolute atomic E-state index is 0.162. The smallest absolute Gasteiger partial charge is 0.113 e. The average molecular weight is 159 g/mol. The van der Waals surface area contributed by atoms with Gasteiger partial charge in [-0.25, -0.2) is 0 Å². The quantitative estimate of drug-likeness (QED) is 0.453. The van der Waals surface area contributed by atoms with E-state index in [2.05, 4.69) is 20.8 Å². The van der Waals surface area contributed by atoms with Crippen LogP contribution in [0.25, 0.3) is 0 Å². The summed E-state index contributed by atoms with van der Waals surface area (Å²) in [6.07, 6.45) is 0.288. The Balaban J connectivity index is 2.32. The summed E-state index contributed by atoms with van der Waals surface area (Å²) in [6, 6.07) is 0. The fraction of sp³-hybridized carbons (Fsp3) is 1.00. The number of nitrogens with zero attached hydrogens (tertiary/aromatic N) is 1. The van der Waals surface area contributed by atoms with E-state index < -0.39 is 0 Å². The van der Waals surface area contributed by atoms with Gasteiger partial charge in [-0.05, 0) is 13.8 Å². The lowest BCUT2D eigenvalue weighted by Gasteiger charge is -2.28. The fourth-order valence-corrected chi connectivity index (χ4v) is 0.974. The first-order valence-electron chi connectivity index (χ1n) is 4.08. The molecular formula is C8H17NO2. The minimum atomic E-state index is -0.162. The van der Waals surface area contributed by atoms with Crippen LogP contribution in [0.3, 0.4) is 0 Å². The van der Waals surface area contributed by atoms with Crippen molar-refractivity contribution in [2.45, 2.75) is 32.5 Å². The maximum absolute atomic E-state index is 5.62. The van der Waals surface area contributed by atoms with Crippen molar-refractivity contribution in [2.24, 2.45) is 0 Å². The number of rotatable bonds is 4. The number of hydroxylamine groups is 2. The van der Waals surface area contributed by atoms with Crippen LogP contribution in [0.1, 0.15) is 20.8 Å². The molecule has 0 aromatic rings. The third-order valence-electron chi connectivity index (χ3n) is 1.95. The first-order chi connectivity index (χ1) is 5.06. The Morgan fingerprint density at radius 1 is 1.64 bits per heavy atom. The predicted octanol–water partition coefficient (Wildman–Crippen LogP) is 1.05. The van der Waals surface area contributed by atoms with Gasteiger partial charge >= 0.3 is 0 Å². The Hall–Kier alpha value is -0.120. The van der Waals surface area contributed by atoms with Gasteiger partial charge in [0.2, 0.25) is 0 Å². The SMILES string of the molecule is CCN(C)OC(C)(C)C1CO1. The van der Waals surface area contributed by atoms with E-state index in [1.807, 2.05) is 12.1 Å². The molecule has 1 rings (SSSR count). The Labute approximate surface area is 68.2 Å². The third kappa shape index (κ3) is 2.43. The van der Waals surface area contributed by atoms with Crippen molar-refractivity contribution in [1.29, 1.82) is 0 Å². The number of hydrogen-bond donors (Lipinski definition) is 0. The fourth-order valence-electron chi connectivity index (χ4n) is 0.974. The third-order valence-corrected chi connectivity index (χ3v) is 1.95. The molecule has 0 bridgehead atoms. The molecule has 11 heavy (non-hydrogen) atoms. The van der Waals surface area contributed by atoms with Crippen LogP contribution in [0.4, 0.5) is 0 Å². The zero-order valence-corrected chi connectivity index (χ0v) is 7.76. The largest absolute Gasteiger partial charge is 0.370 e. The molecular weight excluding hydrogens is 142 g/mol. The molecule has 1 unspecified atom stereocenters. The minimum Gasteiger partial charge on any atom is -0.370 e. The second-order valence-electron chi connectivity index (χ2n) is 3.46. The second-order valence-corrected chi connectivity index (χ2v) is 3.46. The molecule has 0 amide bonds. The van der Waals surface area contributed by atoms with E-state index >= 15 is 0 Å². The van der Waals surface area contributed by atoms with Crippen molar-refractivity contribution in [1.82, 2.24) is 5.06 Å². The lowest BCUT2D eigenvalue weighted by molar-refractivity contribution is -0.224. The van der Waals surface area contributed by atoms with E-state index in [-0.39, 0.29) is 11.7 Å². The molecule has 1 saturated heterocycles. The van der Waals surface area contributed by atoms with Gasteiger partial charge in [-0.2, -0.15) is 5.06 Å². The van der Waals surface area contributed by atoms with Crippen LogP contribution >= 0.6 is 0 Å². The van der Waals surface area contributed by atoms with Gasteiger partial charge in [0, 0.05) is 13.6 Å². The summed E-state index contributed by atoms with van der Waals surface area (Å²) in [5, 5.41) is 1.84. The number of epoxide rings is 1. The highest BCUT2D eigenvalue weighted by Gasteiger charge is 2.41. The molecule has 1 aliphatic rings. The molecule has 1 heterocycles. The van der Waals surface area contributed by atoms with Crippen LogP contribution in [0.5, 0.6) is 0 Å². The van der Waals surface area contributed by atoms with Gasteiger partial charge in [0.25, 0.3) is 0 Å². The Bertz CT molecular complexity index is 132. The summed E-state index contributed by atoms with van der Waals surface area (Å²) in [5.41, 5.74) is -0.162. The Morgan fingerprint density at radius 2 is 2.18 bits per heavy atom. The molecule has 0 radical (unpaired) electrons. The summed E-state index contributed by atoms with van der Waals surface area (Å²) in [6.45, 7) is 7.90. The van der Waals surface area contributed by atoms with Crippen LogP contribution in [-0.2, 0) is 9.57 Å². The van der Waals surface area contributed by atoms with Crippen molar-refractivity contribution in [3.05, 3.63) is 0 Å². The summed E-state index contributed by atoms with van der Waals surface area (Å²) in [4.78, 5) is 5.62. The van der Waals surface area contributed by atoms with E-state index in [4.69, 9.17) is 9.57 Å². The molecule has 3 nitrogen and oxygen atoms in total. The molecule has 0 aromatic heterocycles. The normalized spacial score (nSPS) is 24.3. The summed E-state index contributed by atoms with van der Waals surface area (Å²) in [5.74, 6) is 0. The first-order valence-corrected chi connectivity index (χ1v) is 4.08. The molecule has 0 aliphatic carbocycles. The standard InChI is InChI=1S/C8H17NO2/c1-5-9(4)11-8(2,3)7-6-10-7/h7H,5-6H2,1-4H3. The van der Waals surface area contributed by atoms with Gasteiger partial charge in [0.15, 0.2) is 0 Å². The molecule has 1 atom stereocenters.